The summed E-state index contributed by atoms with van der Waals surface area (Å²) < 4.78 is 14.7. The van der Waals surface area contributed by atoms with E-state index in [1.54, 1.807) is 18.5 Å². The third-order valence-corrected chi connectivity index (χ3v) is 3.62. The first-order valence-corrected chi connectivity index (χ1v) is 6.98. The molecule has 2 rings (SSSR count). The second kappa shape index (κ2) is 6.26. The first-order valence-electron chi connectivity index (χ1n) is 6.19. The normalized spacial score (nSPS) is 14.1. The number of aromatic nitrogens is 1. The zero-order valence-corrected chi connectivity index (χ0v) is 12.5. The number of hydrogen-bond acceptors (Lipinski definition) is 2. The SMILES string of the molecule is C[C@H](N[C@H](C)c1cc(Br)ccc1F)c1ccncc1. The molecular formula is C15H16BrFN2. The summed E-state index contributed by atoms with van der Waals surface area (Å²) in [6, 6.07) is 8.99. The van der Waals surface area contributed by atoms with Gasteiger partial charge in [-0.1, -0.05) is 15.9 Å². The van der Waals surface area contributed by atoms with E-state index in [0.717, 1.165) is 10.0 Å². The molecule has 0 aliphatic heterocycles. The lowest BCUT2D eigenvalue weighted by Gasteiger charge is -2.21. The van der Waals surface area contributed by atoms with Crippen LogP contribution >= 0.6 is 15.9 Å². The lowest BCUT2D eigenvalue weighted by atomic mass is 10.0. The number of pyridine rings is 1. The maximum Gasteiger partial charge on any atom is 0.128 e. The minimum absolute atomic E-state index is 0.0688. The van der Waals surface area contributed by atoms with Gasteiger partial charge in [0.25, 0.3) is 0 Å². The molecule has 0 spiro atoms. The predicted molar refractivity (Wildman–Crippen MR) is 78.3 cm³/mol. The van der Waals surface area contributed by atoms with Gasteiger partial charge in [-0.3, -0.25) is 4.98 Å². The minimum atomic E-state index is -0.190. The van der Waals surface area contributed by atoms with Crippen molar-refractivity contribution in [3.63, 3.8) is 0 Å². The van der Waals surface area contributed by atoms with Crippen LogP contribution in [0.2, 0.25) is 0 Å². The van der Waals surface area contributed by atoms with Crippen LogP contribution in [0, 0.1) is 5.82 Å². The van der Waals surface area contributed by atoms with Crippen molar-refractivity contribution in [3.05, 3.63) is 64.1 Å². The molecule has 0 fully saturated rings. The maximum atomic E-state index is 13.8. The zero-order valence-electron chi connectivity index (χ0n) is 10.9. The van der Waals surface area contributed by atoms with Crippen LogP contribution < -0.4 is 5.32 Å². The molecule has 1 aromatic heterocycles. The fourth-order valence-corrected chi connectivity index (χ4v) is 2.44. The Labute approximate surface area is 121 Å². The van der Waals surface area contributed by atoms with Gasteiger partial charge in [-0.05, 0) is 49.7 Å². The van der Waals surface area contributed by atoms with Crippen LogP contribution in [0.4, 0.5) is 4.39 Å². The monoisotopic (exact) mass is 322 g/mol. The largest absolute Gasteiger partial charge is 0.304 e. The third kappa shape index (κ3) is 3.61. The molecule has 0 aliphatic rings. The first kappa shape index (κ1) is 14.2. The van der Waals surface area contributed by atoms with Gasteiger partial charge in [0, 0.05) is 34.5 Å². The van der Waals surface area contributed by atoms with E-state index in [4.69, 9.17) is 0 Å². The number of benzene rings is 1. The molecule has 0 unspecified atom stereocenters. The van der Waals surface area contributed by atoms with E-state index >= 15 is 0 Å². The Balaban J connectivity index is 2.13. The average molecular weight is 323 g/mol. The van der Waals surface area contributed by atoms with Crippen LogP contribution in [0.15, 0.2) is 47.2 Å². The third-order valence-electron chi connectivity index (χ3n) is 3.13. The Morgan fingerprint density at radius 3 is 2.47 bits per heavy atom. The quantitative estimate of drug-likeness (QED) is 0.902. The van der Waals surface area contributed by atoms with Gasteiger partial charge in [0.15, 0.2) is 0 Å². The Morgan fingerprint density at radius 1 is 1.11 bits per heavy atom. The van der Waals surface area contributed by atoms with E-state index < -0.39 is 0 Å². The fourth-order valence-electron chi connectivity index (χ4n) is 2.06. The molecule has 19 heavy (non-hydrogen) atoms. The molecule has 1 aromatic carbocycles. The van der Waals surface area contributed by atoms with Gasteiger partial charge in [-0.25, -0.2) is 4.39 Å². The summed E-state index contributed by atoms with van der Waals surface area (Å²) >= 11 is 3.37. The lowest BCUT2D eigenvalue weighted by Crippen LogP contribution is -2.23. The fraction of sp³-hybridized carbons (Fsp3) is 0.267. The van der Waals surface area contributed by atoms with Crippen LogP contribution in [0.5, 0.6) is 0 Å². The highest BCUT2D eigenvalue weighted by molar-refractivity contribution is 9.10. The van der Waals surface area contributed by atoms with Crippen molar-refractivity contribution in [1.29, 1.82) is 0 Å². The number of nitrogens with zero attached hydrogens (tertiary/aromatic N) is 1. The van der Waals surface area contributed by atoms with Crippen LogP contribution in [-0.4, -0.2) is 4.98 Å². The van der Waals surface area contributed by atoms with Crippen molar-refractivity contribution in [3.8, 4) is 0 Å². The van der Waals surface area contributed by atoms with Crippen molar-refractivity contribution >= 4 is 15.9 Å². The summed E-state index contributed by atoms with van der Waals surface area (Å²) in [6.45, 7) is 4.02. The van der Waals surface area contributed by atoms with Crippen LogP contribution in [0.1, 0.15) is 37.1 Å². The van der Waals surface area contributed by atoms with Gasteiger partial charge in [0.1, 0.15) is 5.82 Å². The highest BCUT2D eigenvalue weighted by atomic mass is 79.9. The molecule has 0 amide bonds. The Morgan fingerprint density at radius 2 is 1.79 bits per heavy atom. The van der Waals surface area contributed by atoms with Gasteiger partial charge in [0.05, 0.1) is 0 Å². The molecule has 0 saturated carbocycles. The van der Waals surface area contributed by atoms with Gasteiger partial charge in [0.2, 0.25) is 0 Å². The lowest BCUT2D eigenvalue weighted by molar-refractivity contribution is 0.473. The molecular weight excluding hydrogens is 307 g/mol. The molecule has 0 bridgehead atoms. The van der Waals surface area contributed by atoms with Crippen molar-refractivity contribution in [2.75, 3.05) is 0 Å². The standard InChI is InChI=1S/C15H16BrFN2/c1-10(12-5-7-18-8-6-12)19-11(2)14-9-13(16)3-4-15(14)17/h3-11,19H,1-2H3/t10-,11+/m0/s1. The summed E-state index contributed by atoms with van der Waals surface area (Å²) in [6.07, 6.45) is 3.52. The molecule has 100 valence electrons. The Bertz CT molecular complexity index is 545. The molecule has 4 heteroatoms. The minimum Gasteiger partial charge on any atom is -0.304 e. The summed E-state index contributed by atoms with van der Waals surface area (Å²) in [5, 5.41) is 3.39. The van der Waals surface area contributed by atoms with E-state index in [2.05, 4.69) is 33.2 Å². The Kier molecular flexibility index (Phi) is 4.66. The van der Waals surface area contributed by atoms with E-state index in [9.17, 15) is 4.39 Å². The average Bonchev–Trinajstić information content (AvgIpc) is 2.42. The van der Waals surface area contributed by atoms with E-state index in [1.165, 1.54) is 6.07 Å². The number of halogens is 2. The van der Waals surface area contributed by atoms with Crippen LogP contribution in [0.25, 0.3) is 0 Å². The van der Waals surface area contributed by atoms with E-state index in [1.807, 2.05) is 25.1 Å². The van der Waals surface area contributed by atoms with Crippen LogP contribution in [-0.2, 0) is 0 Å². The summed E-state index contributed by atoms with van der Waals surface area (Å²) in [4.78, 5) is 4.00. The molecule has 2 atom stereocenters. The summed E-state index contributed by atoms with van der Waals surface area (Å²) in [5.74, 6) is -0.190. The number of hydrogen-bond donors (Lipinski definition) is 1. The van der Waals surface area contributed by atoms with Gasteiger partial charge >= 0.3 is 0 Å². The molecule has 1 heterocycles. The Hall–Kier alpha value is -1.26. The molecule has 1 N–H and O–H groups in total. The molecule has 2 nitrogen and oxygen atoms in total. The van der Waals surface area contributed by atoms with Crippen molar-refractivity contribution in [1.82, 2.24) is 10.3 Å². The summed E-state index contributed by atoms with van der Waals surface area (Å²) in [5.41, 5.74) is 1.80. The maximum absolute atomic E-state index is 13.8. The van der Waals surface area contributed by atoms with E-state index in [0.29, 0.717) is 5.56 Å². The predicted octanol–water partition coefficient (Wildman–Crippen LogP) is 4.40. The van der Waals surface area contributed by atoms with Crippen molar-refractivity contribution in [2.24, 2.45) is 0 Å². The first-order chi connectivity index (χ1) is 9.08. The topological polar surface area (TPSA) is 24.9 Å². The highest BCUT2D eigenvalue weighted by Gasteiger charge is 2.14. The van der Waals surface area contributed by atoms with Gasteiger partial charge in [-0.15, -0.1) is 0 Å². The smallest absolute Gasteiger partial charge is 0.128 e. The zero-order chi connectivity index (χ0) is 13.8. The molecule has 2 aromatic rings. The van der Waals surface area contributed by atoms with Gasteiger partial charge in [-0.2, -0.15) is 0 Å². The van der Waals surface area contributed by atoms with Crippen molar-refractivity contribution in [2.45, 2.75) is 25.9 Å². The highest BCUT2D eigenvalue weighted by Crippen LogP contribution is 2.24. The second-order valence-electron chi connectivity index (χ2n) is 4.56. The van der Waals surface area contributed by atoms with Crippen LogP contribution in [0.3, 0.4) is 0 Å². The second-order valence-corrected chi connectivity index (χ2v) is 5.47. The van der Waals surface area contributed by atoms with Crippen molar-refractivity contribution < 1.29 is 4.39 Å². The molecule has 0 aliphatic carbocycles. The number of nitrogens with one attached hydrogen (secondary N) is 1. The molecule has 0 radical (unpaired) electrons. The van der Waals surface area contributed by atoms with Gasteiger partial charge < -0.3 is 5.32 Å². The molecule has 0 saturated heterocycles. The summed E-state index contributed by atoms with van der Waals surface area (Å²) in [7, 11) is 0. The number of rotatable bonds is 4. The van der Waals surface area contributed by atoms with E-state index in [-0.39, 0.29) is 17.9 Å².